The first kappa shape index (κ1) is 11.2. The number of hydrogen-bond acceptors (Lipinski definition) is 2. The van der Waals surface area contributed by atoms with Crippen molar-refractivity contribution < 1.29 is 9.90 Å². The van der Waals surface area contributed by atoms with Crippen LogP contribution in [0.15, 0.2) is 12.3 Å². The summed E-state index contributed by atoms with van der Waals surface area (Å²) in [5, 5.41) is 12.5. The van der Waals surface area contributed by atoms with E-state index in [0.717, 1.165) is 30.5 Å². The molecular formula is C12H18N2O2. The van der Waals surface area contributed by atoms with Gasteiger partial charge in [-0.05, 0) is 32.3 Å². The highest BCUT2D eigenvalue weighted by atomic mass is 16.3. The second kappa shape index (κ2) is 4.29. The van der Waals surface area contributed by atoms with Crippen molar-refractivity contribution in [3.8, 4) is 0 Å². The van der Waals surface area contributed by atoms with Gasteiger partial charge in [-0.2, -0.15) is 0 Å². The topological polar surface area (TPSA) is 54.3 Å². The van der Waals surface area contributed by atoms with Crippen LogP contribution in [0.25, 0.3) is 0 Å². The first-order valence-corrected chi connectivity index (χ1v) is 5.74. The summed E-state index contributed by atoms with van der Waals surface area (Å²) in [6, 6.07) is 1.72. The van der Waals surface area contributed by atoms with Crippen LogP contribution in [0.3, 0.4) is 0 Å². The average molecular weight is 222 g/mol. The molecule has 0 aromatic carbocycles. The molecule has 1 aliphatic rings. The summed E-state index contributed by atoms with van der Waals surface area (Å²) >= 11 is 0. The molecule has 1 amide bonds. The standard InChI is InChI=1S/C12H18N2O2/c1-8(12(16)13-2)14-7-6-9-10(14)4-3-5-11(9)15/h6-8,11,15H,3-5H2,1-2H3,(H,13,16). The summed E-state index contributed by atoms with van der Waals surface area (Å²) in [7, 11) is 1.64. The molecule has 1 aromatic rings. The van der Waals surface area contributed by atoms with E-state index in [4.69, 9.17) is 0 Å². The molecule has 0 bridgehead atoms. The Morgan fingerprint density at radius 2 is 2.44 bits per heavy atom. The summed E-state index contributed by atoms with van der Waals surface area (Å²) in [6.45, 7) is 1.88. The summed E-state index contributed by atoms with van der Waals surface area (Å²) in [6.07, 6.45) is 4.30. The van der Waals surface area contributed by atoms with Crippen LogP contribution in [0.2, 0.25) is 0 Å². The molecular weight excluding hydrogens is 204 g/mol. The smallest absolute Gasteiger partial charge is 0.242 e. The number of nitrogens with zero attached hydrogens (tertiary/aromatic N) is 1. The predicted molar refractivity (Wildman–Crippen MR) is 61.1 cm³/mol. The maximum atomic E-state index is 11.6. The number of rotatable bonds is 2. The molecule has 2 rings (SSSR count). The van der Waals surface area contributed by atoms with Crippen molar-refractivity contribution in [1.29, 1.82) is 0 Å². The molecule has 1 aromatic heterocycles. The molecule has 0 saturated carbocycles. The fourth-order valence-corrected chi connectivity index (χ4v) is 2.39. The highest BCUT2D eigenvalue weighted by molar-refractivity contribution is 5.79. The van der Waals surface area contributed by atoms with E-state index >= 15 is 0 Å². The van der Waals surface area contributed by atoms with Crippen molar-refractivity contribution in [2.45, 2.75) is 38.3 Å². The largest absolute Gasteiger partial charge is 0.388 e. The van der Waals surface area contributed by atoms with Crippen LogP contribution >= 0.6 is 0 Å². The first-order chi connectivity index (χ1) is 7.65. The maximum absolute atomic E-state index is 11.6. The predicted octanol–water partition coefficient (Wildman–Crippen LogP) is 1.16. The number of hydrogen-bond donors (Lipinski definition) is 2. The average Bonchev–Trinajstić information content (AvgIpc) is 2.72. The van der Waals surface area contributed by atoms with Crippen LogP contribution in [0.1, 0.15) is 43.2 Å². The van der Waals surface area contributed by atoms with Crippen LogP contribution < -0.4 is 5.32 Å². The number of amides is 1. The minimum atomic E-state index is -0.359. The van der Waals surface area contributed by atoms with E-state index in [0.29, 0.717) is 0 Å². The van der Waals surface area contributed by atoms with Gasteiger partial charge in [-0.3, -0.25) is 4.79 Å². The highest BCUT2D eigenvalue weighted by Gasteiger charge is 2.24. The van der Waals surface area contributed by atoms with E-state index in [1.54, 1.807) is 7.05 Å². The first-order valence-electron chi connectivity index (χ1n) is 5.74. The number of carbonyl (C=O) groups is 1. The molecule has 0 spiro atoms. The van der Waals surface area contributed by atoms with Crippen molar-refractivity contribution >= 4 is 5.91 Å². The number of likely N-dealkylation sites (N-methyl/N-ethyl adjacent to an activating group) is 1. The van der Waals surface area contributed by atoms with Crippen molar-refractivity contribution in [1.82, 2.24) is 9.88 Å². The molecule has 2 unspecified atom stereocenters. The van der Waals surface area contributed by atoms with Gasteiger partial charge in [-0.25, -0.2) is 0 Å². The van der Waals surface area contributed by atoms with Crippen molar-refractivity contribution in [2.75, 3.05) is 7.05 Å². The molecule has 4 heteroatoms. The Kier molecular flexibility index (Phi) is 3.01. The van der Waals surface area contributed by atoms with Gasteiger partial charge in [0.25, 0.3) is 0 Å². The monoisotopic (exact) mass is 222 g/mol. The second-order valence-electron chi connectivity index (χ2n) is 4.32. The van der Waals surface area contributed by atoms with Gasteiger partial charge in [0.15, 0.2) is 0 Å². The molecule has 1 heterocycles. The van der Waals surface area contributed by atoms with Gasteiger partial charge in [0.05, 0.1) is 6.10 Å². The van der Waals surface area contributed by atoms with Crippen LogP contribution in [-0.2, 0) is 11.2 Å². The zero-order valence-corrected chi connectivity index (χ0v) is 9.73. The summed E-state index contributed by atoms with van der Waals surface area (Å²) in [4.78, 5) is 11.6. The zero-order valence-electron chi connectivity index (χ0n) is 9.73. The number of fused-ring (bicyclic) bond motifs is 1. The van der Waals surface area contributed by atoms with E-state index < -0.39 is 0 Å². The number of carbonyl (C=O) groups excluding carboxylic acids is 1. The Morgan fingerprint density at radius 3 is 3.12 bits per heavy atom. The molecule has 0 fully saturated rings. The lowest BCUT2D eigenvalue weighted by Gasteiger charge is -2.22. The number of aliphatic hydroxyl groups excluding tert-OH is 1. The van der Waals surface area contributed by atoms with Crippen molar-refractivity contribution in [3.05, 3.63) is 23.5 Å². The van der Waals surface area contributed by atoms with Gasteiger partial charge in [0.2, 0.25) is 5.91 Å². The quantitative estimate of drug-likeness (QED) is 0.789. The summed E-state index contributed by atoms with van der Waals surface area (Å²) < 4.78 is 1.97. The lowest BCUT2D eigenvalue weighted by molar-refractivity contribution is -0.123. The number of aromatic nitrogens is 1. The third kappa shape index (κ3) is 1.73. The molecule has 88 valence electrons. The van der Waals surface area contributed by atoms with E-state index in [2.05, 4.69) is 5.32 Å². The maximum Gasteiger partial charge on any atom is 0.242 e. The Balaban J connectivity index is 2.33. The lowest BCUT2D eigenvalue weighted by atomic mass is 9.95. The molecule has 2 N–H and O–H groups in total. The SMILES string of the molecule is CNC(=O)C(C)n1ccc2c1CCCC2O. The van der Waals surface area contributed by atoms with Crippen LogP contribution in [0.5, 0.6) is 0 Å². The van der Waals surface area contributed by atoms with Crippen LogP contribution in [0, 0.1) is 0 Å². The van der Waals surface area contributed by atoms with E-state index in [-0.39, 0.29) is 18.1 Å². The molecule has 16 heavy (non-hydrogen) atoms. The number of nitrogens with one attached hydrogen (secondary N) is 1. The third-order valence-corrected chi connectivity index (χ3v) is 3.35. The van der Waals surface area contributed by atoms with Gasteiger partial charge in [-0.1, -0.05) is 0 Å². The minimum absolute atomic E-state index is 0.00142. The number of aliphatic hydroxyl groups is 1. The molecule has 0 aliphatic heterocycles. The van der Waals surface area contributed by atoms with Crippen LogP contribution in [-0.4, -0.2) is 22.6 Å². The Bertz CT molecular complexity index is 398. The summed E-state index contributed by atoms with van der Waals surface area (Å²) in [5.74, 6) is -0.00142. The fraction of sp³-hybridized carbons (Fsp3) is 0.583. The molecule has 2 atom stereocenters. The minimum Gasteiger partial charge on any atom is -0.388 e. The van der Waals surface area contributed by atoms with E-state index in [1.165, 1.54) is 0 Å². The highest BCUT2D eigenvalue weighted by Crippen LogP contribution is 2.31. The molecule has 0 radical (unpaired) electrons. The lowest BCUT2D eigenvalue weighted by Crippen LogP contribution is -2.29. The Hall–Kier alpha value is -1.29. The second-order valence-corrected chi connectivity index (χ2v) is 4.32. The Morgan fingerprint density at radius 1 is 1.69 bits per heavy atom. The van der Waals surface area contributed by atoms with E-state index in [1.807, 2.05) is 23.8 Å². The normalized spacial score (nSPS) is 21.3. The molecule has 1 aliphatic carbocycles. The van der Waals surface area contributed by atoms with Gasteiger partial charge in [0.1, 0.15) is 6.04 Å². The van der Waals surface area contributed by atoms with Crippen LogP contribution in [0.4, 0.5) is 0 Å². The fourth-order valence-electron chi connectivity index (χ4n) is 2.39. The summed E-state index contributed by atoms with van der Waals surface area (Å²) in [5.41, 5.74) is 2.09. The van der Waals surface area contributed by atoms with Gasteiger partial charge >= 0.3 is 0 Å². The van der Waals surface area contributed by atoms with Crippen molar-refractivity contribution in [2.24, 2.45) is 0 Å². The van der Waals surface area contributed by atoms with Gasteiger partial charge in [0, 0.05) is 24.5 Å². The van der Waals surface area contributed by atoms with E-state index in [9.17, 15) is 9.90 Å². The third-order valence-electron chi connectivity index (χ3n) is 3.35. The molecule has 0 saturated heterocycles. The van der Waals surface area contributed by atoms with Crippen molar-refractivity contribution in [3.63, 3.8) is 0 Å². The van der Waals surface area contributed by atoms with Gasteiger partial charge < -0.3 is 15.0 Å². The van der Waals surface area contributed by atoms with Gasteiger partial charge in [-0.15, -0.1) is 0 Å². The molecule has 4 nitrogen and oxygen atoms in total. The zero-order chi connectivity index (χ0) is 11.7. The Labute approximate surface area is 95.3 Å².